The lowest BCUT2D eigenvalue weighted by Gasteiger charge is -2.22. The highest BCUT2D eigenvalue weighted by Crippen LogP contribution is 2.20. The van der Waals surface area contributed by atoms with Gasteiger partial charge in [-0.3, -0.25) is 4.79 Å². The van der Waals surface area contributed by atoms with Gasteiger partial charge in [0.2, 0.25) is 5.91 Å². The van der Waals surface area contributed by atoms with Gasteiger partial charge in [-0.25, -0.2) is 0 Å². The number of nitrogens with one attached hydrogen (secondary N) is 1. The van der Waals surface area contributed by atoms with Crippen LogP contribution in [0.3, 0.4) is 0 Å². The van der Waals surface area contributed by atoms with Gasteiger partial charge in [-0.2, -0.15) is 0 Å². The molecule has 2 unspecified atom stereocenters. The van der Waals surface area contributed by atoms with E-state index in [1.165, 1.54) is 0 Å². The quantitative estimate of drug-likeness (QED) is 0.852. The molecule has 1 fully saturated rings. The molecule has 0 radical (unpaired) electrons. The summed E-state index contributed by atoms with van der Waals surface area (Å²) >= 11 is 6.13. The van der Waals surface area contributed by atoms with E-state index in [-0.39, 0.29) is 5.91 Å². The van der Waals surface area contributed by atoms with E-state index in [4.69, 9.17) is 16.3 Å². The predicted molar refractivity (Wildman–Crippen MR) is 71.6 cm³/mol. The van der Waals surface area contributed by atoms with Crippen LogP contribution in [0.5, 0.6) is 0 Å². The van der Waals surface area contributed by atoms with Crippen molar-refractivity contribution in [3.63, 3.8) is 0 Å². The van der Waals surface area contributed by atoms with E-state index in [1.807, 2.05) is 30.3 Å². The van der Waals surface area contributed by atoms with Crippen LogP contribution in [0.25, 0.3) is 0 Å². The number of halogens is 1. The predicted octanol–water partition coefficient (Wildman–Crippen LogP) is 2.51. The monoisotopic (exact) mass is 267 g/mol. The van der Waals surface area contributed by atoms with Crippen LogP contribution >= 0.6 is 11.6 Å². The third-order valence-corrected chi connectivity index (χ3v) is 3.59. The maximum absolute atomic E-state index is 11.9. The van der Waals surface area contributed by atoms with Crippen molar-refractivity contribution in [2.75, 3.05) is 19.8 Å². The van der Waals surface area contributed by atoms with Crippen molar-refractivity contribution in [2.45, 2.75) is 18.2 Å². The maximum Gasteiger partial charge on any atom is 0.242 e. The molecule has 1 heterocycles. The van der Waals surface area contributed by atoms with E-state index < -0.39 is 5.38 Å². The Morgan fingerprint density at radius 1 is 1.44 bits per heavy atom. The van der Waals surface area contributed by atoms with Gasteiger partial charge in [0.15, 0.2) is 0 Å². The molecule has 1 N–H and O–H groups in total. The average Bonchev–Trinajstić information content (AvgIpc) is 2.46. The number of hydrogen-bond acceptors (Lipinski definition) is 2. The van der Waals surface area contributed by atoms with E-state index >= 15 is 0 Å². The summed E-state index contributed by atoms with van der Waals surface area (Å²) in [5.41, 5.74) is 0.830. The summed E-state index contributed by atoms with van der Waals surface area (Å²) in [5.74, 6) is 0.288. The second kappa shape index (κ2) is 6.76. The zero-order chi connectivity index (χ0) is 12.8. The van der Waals surface area contributed by atoms with E-state index in [0.717, 1.165) is 31.6 Å². The van der Waals surface area contributed by atoms with Gasteiger partial charge in [-0.15, -0.1) is 11.6 Å². The first kappa shape index (κ1) is 13.4. The molecule has 18 heavy (non-hydrogen) atoms. The summed E-state index contributed by atoms with van der Waals surface area (Å²) in [6.07, 6.45) is 2.18. The van der Waals surface area contributed by atoms with Gasteiger partial charge in [0.1, 0.15) is 5.38 Å². The molecule has 0 saturated carbocycles. The number of amides is 1. The second-order valence-electron chi connectivity index (χ2n) is 4.60. The van der Waals surface area contributed by atoms with Crippen molar-refractivity contribution >= 4 is 17.5 Å². The third kappa shape index (κ3) is 3.72. The molecular formula is C14H18ClNO2. The summed E-state index contributed by atoms with van der Waals surface area (Å²) in [6.45, 7) is 2.22. The molecule has 1 aromatic rings. The van der Waals surface area contributed by atoms with Crippen LogP contribution in [0.4, 0.5) is 0 Å². The van der Waals surface area contributed by atoms with Gasteiger partial charge < -0.3 is 10.1 Å². The number of carbonyl (C=O) groups is 1. The highest BCUT2D eigenvalue weighted by atomic mass is 35.5. The zero-order valence-corrected chi connectivity index (χ0v) is 11.0. The van der Waals surface area contributed by atoms with Crippen LogP contribution in [0.15, 0.2) is 30.3 Å². The molecule has 0 aromatic heterocycles. The Balaban J connectivity index is 1.80. The van der Waals surface area contributed by atoms with Crippen LogP contribution in [-0.2, 0) is 9.53 Å². The van der Waals surface area contributed by atoms with Crippen molar-refractivity contribution in [3.8, 4) is 0 Å². The Morgan fingerprint density at radius 3 is 2.89 bits per heavy atom. The molecule has 2 rings (SSSR count). The molecule has 0 spiro atoms. The highest BCUT2D eigenvalue weighted by molar-refractivity contribution is 6.30. The second-order valence-corrected chi connectivity index (χ2v) is 5.04. The normalized spacial score (nSPS) is 21.3. The van der Waals surface area contributed by atoms with Crippen LogP contribution in [-0.4, -0.2) is 25.7 Å². The molecule has 0 aliphatic carbocycles. The summed E-state index contributed by atoms with van der Waals surface area (Å²) in [7, 11) is 0. The molecule has 1 amide bonds. The lowest BCUT2D eigenvalue weighted by atomic mass is 10.0. The molecule has 2 atom stereocenters. The van der Waals surface area contributed by atoms with Crippen molar-refractivity contribution in [3.05, 3.63) is 35.9 Å². The Kier molecular flexibility index (Phi) is 5.02. The molecule has 1 saturated heterocycles. The fourth-order valence-corrected chi connectivity index (χ4v) is 2.30. The van der Waals surface area contributed by atoms with Crippen molar-refractivity contribution < 1.29 is 9.53 Å². The molecular weight excluding hydrogens is 250 g/mol. The lowest BCUT2D eigenvalue weighted by molar-refractivity contribution is -0.121. The molecule has 4 heteroatoms. The Labute approximate surface area is 112 Å². The lowest BCUT2D eigenvalue weighted by Crippen LogP contribution is -2.34. The first-order valence-electron chi connectivity index (χ1n) is 6.32. The summed E-state index contributed by atoms with van der Waals surface area (Å²) in [4.78, 5) is 11.9. The summed E-state index contributed by atoms with van der Waals surface area (Å²) in [5, 5.41) is 2.28. The van der Waals surface area contributed by atoms with Crippen molar-refractivity contribution in [1.29, 1.82) is 0 Å². The Hall–Kier alpha value is -1.06. The number of benzene rings is 1. The van der Waals surface area contributed by atoms with Gasteiger partial charge in [0.05, 0.1) is 6.61 Å². The first-order chi connectivity index (χ1) is 8.77. The third-order valence-electron chi connectivity index (χ3n) is 3.14. The van der Waals surface area contributed by atoms with Gasteiger partial charge in [0.25, 0.3) is 0 Å². The highest BCUT2D eigenvalue weighted by Gasteiger charge is 2.19. The van der Waals surface area contributed by atoms with E-state index in [0.29, 0.717) is 12.5 Å². The number of ether oxygens (including phenoxy) is 1. The zero-order valence-electron chi connectivity index (χ0n) is 10.3. The first-order valence-corrected chi connectivity index (χ1v) is 6.75. The Morgan fingerprint density at radius 2 is 2.22 bits per heavy atom. The molecule has 1 aliphatic heterocycles. The van der Waals surface area contributed by atoms with Crippen LogP contribution < -0.4 is 5.32 Å². The fraction of sp³-hybridized carbons (Fsp3) is 0.500. The standard InChI is InChI=1S/C14H18ClNO2/c15-13(12-6-2-1-3-7-12)14(17)16-9-11-5-4-8-18-10-11/h1-3,6-7,11,13H,4-5,8-10H2,(H,16,17). The van der Waals surface area contributed by atoms with Gasteiger partial charge in [0, 0.05) is 13.2 Å². The molecule has 1 aliphatic rings. The fourth-order valence-electron chi connectivity index (χ4n) is 2.08. The van der Waals surface area contributed by atoms with E-state index in [2.05, 4.69) is 5.32 Å². The number of hydrogen-bond donors (Lipinski definition) is 1. The SMILES string of the molecule is O=C(NCC1CCCOC1)C(Cl)c1ccccc1. The van der Waals surface area contributed by atoms with Crippen LogP contribution in [0.1, 0.15) is 23.8 Å². The number of alkyl halides is 1. The molecule has 98 valence electrons. The van der Waals surface area contributed by atoms with Crippen LogP contribution in [0, 0.1) is 5.92 Å². The minimum Gasteiger partial charge on any atom is -0.381 e. The molecule has 1 aromatic carbocycles. The summed E-state index contributed by atoms with van der Waals surface area (Å²) < 4.78 is 5.38. The number of carbonyl (C=O) groups excluding carboxylic acids is 1. The van der Waals surface area contributed by atoms with Gasteiger partial charge >= 0.3 is 0 Å². The van der Waals surface area contributed by atoms with Gasteiger partial charge in [-0.05, 0) is 24.3 Å². The minimum absolute atomic E-state index is 0.131. The molecule has 3 nitrogen and oxygen atoms in total. The van der Waals surface area contributed by atoms with Gasteiger partial charge in [-0.1, -0.05) is 30.3 Å². The smallest absolute Gasteiger partial charge is 0.242 e. The summed E-state index contributed by atoms with van der Waals surface area (Å²) in [6, 6.07) is 9.40. The topological polar surface area (TPSA) is 38.3 Å². The number of rotatable bonds is 4. The van der Waals surface area contributed by atoms with E-state index in [1.54, 1.807) is 0 Å². The largest absolute Gasteiger partial charge is 0.381 e. The maximum atomic E-state index is 11.9. The average molecular weight is 268 g/mol. The minimum atomic E-state index is -0.615. The molecule has 0 bridgehead atoms. The van der Waals surface area contributed by atoms with Crippen LogP contribution in [0.2, 0.25) is 0 Å². The van der Waals surface area contributed by atoms with E-state index in [9.17, 15) is 4.79 Å². The van der Waals surface area contributed by atoms with Crippen molar-refractivity contribution in [1.82, 2.24) is 5.32 Å². The Bertz CT molecular complexity index is 377. The van der Waals surface area contributed by atoms with Crippen molar-refractivity contribution in [2.24, 2.45) is 5.92 Å².